The highest BCUT2D eigenvalue weighted by Gasteiger charge is 2.30. The molecule has 0 aliphatic carbocycles. The average Bonchev–Trinajstić information content (AvgIpc) is 2.95. The summed E-state index contributed by atoms with van der Waals surface area (Å²) >= 11 is 0. The van der Waals surface area contributed by atoms with E-state index in [1.54, 1.807) is 16.9 Å². The molecule has 0 aliphatic heterocycles. The van der Waals surface area contributed by atoms with Crippen molar-refractivity contribution in [1.29, 1.82) is 0 Å². The second kappa shape index (κ2) is 8.47. The van der Waals surface area contributed by atoms with Gasteiger partial charge in [0, 0.05) is 6.20 Å². The summed E-state index contributed by atoms with van der Waals surface area (Å²) in [5, 5.41) is 4.32. The van der Waals surface area contributed by atoms with E-state index in [1.807, 2.05) is 40.7 Å². The maximum atomic E-state index is 12.5. The number of nitrogens with zero attached hydrogens (tertiary/aromatic N) is 3. The molecule has 3 aromatic rings. The number of halogens is 3. The monoisotopic (exact) mass is 337 g/mol. The predicted octanol–water partition coefficient (Wildman–Crippen LogP) is 5.80. The zero-order chi connectivity index (χ0) is 18.3. The van der Waals surface area contributed by atoms with Crippen molar-refractivity contribution in [3.8, 4) is 5.69 Å². The lowest BCUT2D eigenvalue weighted by atomic mass is 10.2. The highest BCUT2D eigenvalue weighted by Crippen LogP contribution is 2.30. The molecule has 0 saturated carbocycles. The van der Waals surface area contributed by atoms with Gasteiger partial charge in [0.05, 0.1) is 22.5 Å². The van der Waals surface area contributed by atoms with E-state index in [9.17, 15) is 13.2 Å². The van der Waals surface area contributed by atoms with Crippen molar-refractivity contribution in [3.63, 3.8) is 0 Å². The number of benzene rings is 1. The van der Waals surface area contributed by atoms with Crippen LogP contribution in [0.3, 0.4) is 0 Å². The third-order valence-corrected chi connectivity index (χ3v) is 3.05. The summed E-state index contributed by atoms with van der Waals surface area (Å²) in [6, 6.07) is 8.51. The molecule has 0 bridgehead atoms. The van der Waals surface area contributed by atoms with Crippen molar-refractivity contribution >= 4 is 11.0 Å². The maximum absolute atomic E-state index is 12.5. The molecule has 1 aromatic carbocycles. The Labute approximate surface area is 140 Å². The molecular formula is C18H22F3N3. The molecule has 24 heavy (non-hydrogen) atoms. The molecule has 6 heteroatoms. The van der Waals surface area contributed by atoms with Crippen LogP contribution in [0, 0.1) is 6.92 Å². The van der Waals surface area contributed by atoms with Gasteiger partial charge in [0.2, 0.25) is 0 Å². The van der Waals surface area contributed by atoms with Gasteiger partial charge in [0.25, 0.3) is 0 Å². The highest BCUT2D eigenvalue weighted by atomic mass is 19.4. The topological polar surface area (TPSA) is 30.7 Å². The standard InChI is InChI=1S/C14H10F3N3.2C2H6/c1-9-13-12(3-2-8-18-13)20(19-9)11-6-4-10(5-7-11)14(15,16)17;2*1-2/h2-8H,1H3;2*1-2H3. The third kappa shape index (κ3) is 4.13. The average molecular weight is 337 g/mol. The Morgan fingerprint density at radius 2 is 1.50 bits per heavy atom. The Kier molecular flexibility index (Phi) is 6.95. The van der Waals surface area contributed by atoms with E-state index in [1.165, 1.54) is 12.1 Å². The molecule has 2 aromatic heterocycles. The molecule has 2 heterocycles. The van der Waals surface area contributed by atoms with Gasteiger partial charge in [-0.1, -0.05) is 27.7 Å². The molecule has 0 fully saturated rings. The minimum atomic E-state index is -4.33. The van der Waals surface area contributed by atoms with Gasteiger partial charge >= 0.3 is 6.18 Å². The molecule has 0 atom stereocenters. The molecule has 130 valence electrons. The Bertz CT molecular complexity index is 759. The number of aryl methyl sites for hydroxylation is 1. The van der Waals surface area contributed by atoms with Crippen molar-refractivity contribution in [2.24, 2.45) is 0 Å². The maximum Gasteiger partial charge on any atom is 0.416 e. The van der Waals surface area contributed by atoms with Gasteiger partial charge < -0.3 is 0 Å². The van der Waals surface area contributed by atoms with Crippen LogP contribution in [0.15, 0.2) is 42.6 Å². The van der Waals surface area contributed by atoms with E-state index in [4.69, 9.17) is 0 Å². The van der Waals surface area contributed by atoms with Crippen molar-refractivity contribution in [2.45, 2.75) is 40.8 Å². The van der Waals surface area contributed by atoms with Crippen molar-refractivity contribution < 1.29 is 13.2 Å². The fraction of sp³-hybridized carbons (Fsp3) is 0.333. The molecule has 0 radical (unpaired) electrons. The van der Waals surface area contributed by atoms with Gasteiger partial charge in [-0.3, -0.25) is 4.98 Å². The minimum absolute atomic E-state index is 0.573. The van der Waals surface area contributed by atoms with Crippen LogP contribution in [0.5, 0.6) is 0 Å². The summed E-state index contributed by atoms with van der Waals surface area (Å²) in [5.74, 6) is 0. The van der Waals surface area contributed by atoms with Crippen LogP contribution in [0.4, 0.5) is 13.2 Å². The van der Waals surface area contributed by atoms with Crippen LogP contribution >= 0.6 is 0 Å². The number of rotatable bonds is 1. The Morgan fingerprint density at radius 3 is 2.04 bits per heavy atom. The first-order valence-corrected chi connectivity index (χ1v) is 7.95. The lowest BCUT2D eigenvalue weighted by Crippen LogP contribution is -2.05. The number of fused-ring (bicyclic) bond motifs is 1. The number of alkyl halides is 3. The van der Waals surface area contributed by atoms with Gasteiger partial charge in [-0.2, -0.15) is 18.3 Å². The zero-order valence-electron chi connectivity index (χ0n) is 14.5. The van der Waals surface area contributed by atoms with Gasteiger partial charge in [-0.15, -0.1) is 0 Å². The molecular weight excluding hydrogens is 315 g/mol. The SMILES string of the molecule is CC.CC.Cc1nn(-c2ccc(C(F)(F)F)cc2)c2cccnc12. The smallest absolute Gasteiger partial charge is 0.253 e. The van der Waals surface area contributed by atoms with E-state index in [0.717, 1.165) is 28.9 Å². The lowest BCUT2D eigenvalue weighted by Gasteiger charge is -2.08. The number of pyridine rings is 1. The first kappa shape index (κ1) is 19.7. The Balaban J connectivity index is 0.000000671. The zero-order valence-corrected chi connectivity index (χ0v) is 14.5. The van der Waals surface area contributed by atoms with E-state index >= 15 is 0 Å². The van der Waals surface area contributed by atoms with Gasteiger partial charge in [0.15, 0.2) is 0 Å². The fourth-order valence-corrected chi connectivity index (χ4v) is 2.09. The normalized spacial score (nSPS) is 10.5. The van der Waals surface area contributed by atoms with E-state index < -0.39 is 11.7 Å². The number of hydrogen-bond acceptors (Lipinski definition) is 2. The molecule has 3 nitrogen and oxygen atoms in total. The van der Waals surface area contributed by atoms with Crippen LogP contribution in [0.2, 0.25) is 0 Å². The first-order chi connectivity index (χ1) is 11.5. The van der Waals surface area contributed by atoms with Gasteiger partial charge in [-0.05, 0) is 43.3 Å². The minimum Gasteiger partial charge on any atom is -0.253 e. The molecule has 0 N–H and O–H groups in total. The number of hydrogen-bond donors (Lipinski definition) is 0. The Morgan fingerprint density at radius 1 is 0.917 bits per heavy atom. The predicted molar refractivity (Wildman–Crippen MR) is 91.3 cm³/mol. The number of aromatic nitrogens is 3. The molecule has 0 spiro atoms. The Hall–Kier alpha value is -2.37. The summed E-state index contributed by atoms with van der Waals surface area (Å²) in [6.07, 6.45) is -2.67. The van der Waals surface area contributed by atoms with E-state index in [0.29, 0.717) is 5.69 Å². The highest BCUT2D eigenvalue weighted by molar-refractivity contribution is 5.78. The fourth-order valence-electron chi connectivity index (χ4n) is 2.09. The molecule has 3 rings (SSSR count). The van der Waals surface area contributed by atoms with Crippen molar-refractivity contribution in [2.75, 3.05) is 0 Å². The molecule has 0 saturated heterocycles. The van der Waals surface area contributed by atoms with Crippen LogP contribution < -0.4 is 0 Å². The summed E-state index contributed by atoms with van der Waals surface area (Å²) < 4.78 is 39.2. The van der Waals surface area contributed by atoms with Crippen LogP contribution in [0.1, 0.15) is 39.0 Å². The largest absolute Gasteiger partial charge is 0.416 e. The third-order valence-electron chi connectivity index (χ3n) is 3.05. The molecule has 0 amide bonds. The van der Waals surface area contributed by atoms with Crippen molar-refractivity contribution in [1.82, 2.24) is 14.8 Å². The molecule has 0 aliphatic rings. The lowest BCUT2D eigenvalue weighted by molar-refractivity contribution is -0.137. The summed E-state index contributed by atoms with van der Waals surface area (Å²) in [5.41, 5.74) is 2.15. The summed E-state index contributed by atoms with van der Waals surface area (Å²) in [4.78, 5) is 4.22. The van der Waals surface area contributed by atoms with E-state index in [2.05, 4.69) is 10.1 Å². The van der Waals surface area contributed by atoms with Crippen molar-refractivity contribution in [3.05, 3.63) is 53.9 Å². The second-order valence-corrected chi connectivity index (χ2v) is 4.41. The van der Waals surface area contributed by atoms with Gasteiger partial charge in [-0.25, -0.2) is 4.68 Å². The second-order valence-electron chi connectivity index (χ2n) is 4.41. The summed E-state index contributed by atoms with van der Waals surface area (Å²) in [6.45, 7) is 9.82. The van der Waals surface area contributed by atoms with Crippen LogP contribution in [-0.4, -0.2) is 14.8 Å². The van der Waals surface area contributed by atoms with Gasteiger partial charge in [0.1, 0.15) is 5.52 Å². The molecule has 0 unspecified atom stereocenters. The van der Waals surface area contributed by atoms with E-state index in [-0.39, 0.29) is 0 Å². The summed E-state index contributed by atoms with van der Waals surface area (Å²) in [7, 11) is 0. The quantitative estimate of drug-likeness (QED) is 0.562. The van der Waals surface area contributed by atoms with Crippen LogP contribution in [0.25, 0.3) is 16.7 Å². The van der Waals surface area contributed by atoms with Crippen LogP contribution in [-0.2, 0) is 6.18 Å². The first-order valence-electron chi connectivity index (χ1n) is 7.95.